The van der Waals surface area contributed by atoms with Gasteiger partial charge in [-0.15, -0.1) is 0 Å². The van der Waals surface area contributed by atoms with Gasteiger partial charge in [0.05, 0.1) is 6.61 Å². The molecule has 0 fully saturated rings. The summed E-state index contributed by atoms with van der Waals surface area (Å²) < 4.78 is 4.81. The van der Waals surface area contributed by atoms with E-state index in [0.29, 0.717) is 18.6 Å². The zero-order chi connectivity index (χ0) is 9.56. The zero-order valence-corrected chi connectivity index (χ0v) is 7.60. The molecular weight excluding hydrogens is 180 g/mol. The van der Waals surface area contributed by atoms with E-state index in [1.807, 2.05) is 0 Å². The van der Waals surface area contributed by atoms with Crippen LogP contribution in [0.4, 0.5) is 0 Å². The summed E-state index contributed by atoms with van der Waals surface area (Å²) >= 11 is 5.30. The van der Waals surface area contributed by atoms with E-state index in [2.05, 4.69) is 6.58 Å². The third-order valence-corrected chi connectivity index (χ3v) is 1.27. The highest BCUT2D eigenvalue weighted by Crippen LogP contribution is 2.01. The lowest BCUT2D eigenvalue weighted by atomic mass is 10.2. The molecule has 12 heavy (non-hydrogen) atoms. The number of hydrogen-bond donors (Lipinski definition) is 1. The Balaban J connectivity index is 3.60. The van der Waals surface area contributed by atoms with Crippen molar-refractivity contribution in [2.24, 2.45) is 0 Å². The van der Waals surface area contributed by atoms with Crippen molar-refractivity contribution in [2.45, 2.75) is 13.3 Å². The maximum Gasteiger partial charge on any atom is 0.330 e. The number of halogens is 1. The second-order valence-electron chi connectivity index (χ2n) is 2.18. The van der Waals surface area contributed by atoms with Crippen molar-refractivity contribution in [3.63, 3.8) is 0 Å². The first-order valence-corrected chi connectivity index (χ1v) is 3.79. The number of hydrogen-bond acceptors (Lipinski definition) is 2. The Labute approximate surface area is 76.3 Å². The minimum Gasteiger partial charge on any atom is -0.483 e. The van der Waals surface area contributed by atoms with Crippen LogP contribution in [0.1, 0.15) is 13.3 Å². The van der Waals surface area contributed by atoms with Gasteiger partial charge in [-0.1, -0.05) is 6.08 Å². The molecule has 0 rings (SSSR count). The molecular formula is C8H11ClO3. The first-order valence-electron chi connectivity index (χ1n) is 3.41. The molecule has 3 nitrogen and oxygen atoms in total. The molecule has 0 atom stereocenters. The van der Waals surface area contributed by atoms with Crippen molar-refractivity contribution in [1.29, 1.82) is 0 Å². The molecule has 0 unspecified atom stereocenters. The van der Waals surface area contributed by atoms with E-state index in [4.69, 9.17) is 21.4 Å². The topological polar surface area (TPSA) is 46.5 Å². The summed E-state index contributed by atoms with van der Waals surface area (Å²) in [5.41, 5.74) is 0.304. The molecule has 0 saturated heterocycles. The Hall–Kier alpha value is -0.960. The van der Waals surface area contributed by atoms with Gasteiger partial charge >= 0.3 is 5.97 Å². The van der Waals surface area contributed by atoms with Crippen LogP contribution >= 0.6 is 11.6 Å². The maximum absolute atomic E-state index is 10.3. The third kappa shape index (κ3) is 5.80. The van der Waals surface area contributed by atoms with Crippen molar-refractivity contribution in [1.82, 2.24) is 0 Å². The average Bonchev–Trinajstić information content (AvgIpc) is 1.97. The minimum atomic E-state index is -0.917. The van der Waals surface area contributed by atoms with Gasteiger partial charge in [0.15, 0.2) is 5.22 Å². The summed E-state index contributed by atoms with van der Waals surface area (Å²) in [5.74, 6) is -0.917. The first-order chi connectivity index (χ1) is 5.54. The van der Waals surface area contributed by atoms with Crippen LogP contribution in [0.2, 0.25) is 0 Å². The molecule has 0 aliphatic carbocycles. The van der Waals surface area contributed by atoms with Crippen LogP contribution in [-0.4, -0.2) is 17.7 Å². The van der Waals surface area contributed by atoms with Crippen LogP contribution in [0, 0.1) is 0 Å². The maximum atomic E-state index is 10.3. The second-order valence-corrected chi connectivity index (χ2v) is 2.61. The second kappa shape index (κ2) is 5.66. The van der Waals surface area contributed by atoms with Gasteiger partial charge in [-0.3, -0.25) is 0 Å². The number of ether oxygens (including phenoxy) is 1. The van der Waals surface area contributed by atoms with E-state index in [1.165, 1.54) is 6.92 Å². The van der Waals surface area contributed by atoms with Crippen LogP contribution in [-0.2, 0) is 9.53 Å². The van der Waals surface area contributed by atoms with E-state index < -0.39 is 5.97 Å². The molecule has 0 saturated carbocycles. The molecule has 0 heterocycles. The van der Waals surface area contributed by atoms with E-state index in [0.717, 1.165) is 0 Å². The molecule has 0 spiro atoms. The largest absolute Gasteiger partial charge is 0.483 e. The predicted molar refractivity (Wildman–Crippen MR) is 47.0 cm³/mol. The van der Waals surface area contributed by atoms with Crippen molar-refractivity contribution >= 4 is 17.6 Å². The molecule has 0 bridgehead atoms. The fourth-order valence-corrected chi connectivity index (χ4v) is 0.610. The fraction of sp³-hybridized carbons (Fsp3) is 0.375. The van der Waals surface area contributed by atoms with E-state index in [-0.39, 0.29) is 5.22 Å². The SMILES string of the molecule is C=C(Cl)OCCC=C(C)C(=O)O. The van der Waals surface area contributed by atoms with Crippen LogP contribution in [0.3, 0.4) is 0 Å². The highest BCUT2D eigenvalue weighted by atomic mass is 35.5. The molecule has 0 radical (unpaired) electrons. The van der Waals surface area contributed by atoms with Gasteiger partial charge in [-0.25, -0.2) is 4.79 Å². The highest BCUT2D eigenvalue weighted by molar-refractivity contribution is 6.27. The predicted octanol–water partition coefficient (Wildman–Crippen LogP) is 2.13. The van der Waals surface area contributed by atoms with Crippen molar-refractivity contribution in [3.05, 3.63) is 23.4 Å². The number of carboxylic acid groups (broad SMARTS) is 1. The van der Waals surface area contributed by atoms with Crippen LogP contribution in [0.5, 0.6) is 0 Å². The first kappa shape index (κ1) is 11.0. The van der Waals surface area contributed by atoms with Crippen LogP contribution in [0.25, 0.3) is 0 Å². The third-order valence-electron chi connectivity index (χ3n) is 1.16. The lowest BCUT2D eigenvalue weighted by Gasteiger charge is -1.99. The number of rotatable bonds is 5. The summed E-state index contributed by atoms with van der Waals surface area (Å²) in [4.78, 5) is 10.3. The summed E-state index contributed by atoms with van der Waals surface area (Å²) in [5, 5.41) is 8.56. The summed E-state index contributed by atoms with van der Waals surface area (Å²) in [7, 11) is 0. The molecule has 0 aliphatic rings. The normalized spacial score (nSPS) is 11.0. The van der Waals surface area contributed by atoms with Crippen LogP contribution < -0.4 is 0 Å². The van der Waals surface area contributed by atoms with Gasteiger partial charge < -0.3 is 9.84 Å². The summed E-state index contributed by atoms with van der Waals surface area (Å²) in [6.45, 7) is 5.19. The van der Waals surface area contributed by atoms with Gasteiger partial charge in [0, 0.05) is 12.0 Å². The Morgan fingerprint density at radius 1 is 1.75 bits per heavy atom. The molecule has 0 aromatic carbocycles. The smallest absolute Gasteiger partial charge is 0.330 e. The van der Waals surface area contributed by atoms with E-state index in [9.17, 15) is 4.79 Å². The van der Waals surface area contributed by atoms with Crippen LogP contribution in [0.15, 0.2) is 23.4 Å². The number of carbonyl (C=O) groups is 1. The monoisotopic (exact) mass is 190 g/mol. The fourth-order valence-electron chi connectivity index (χ4n) is 0.532. The Morgan fingerprint density at radius 3 is 2.75 bits per heavy atom. The van der Waals surface area contributed by atoms with Crippen molar-refractivity contribution in [3.8, 4) is 0 Å². The molecule has 68 valence electrons. The summed E-state index contributed by atoms with van der Waals surface area (Å²) in [6, 6.07) is 0. The van der Waals surface area contributed by atoms with Gasteiger partial charge in [-0.2, -0.15) is 0 Å². The van der Waals surface area contributed by atoms with Crippen molar-refractivity contribution in [2.75, 3.05) is 6.61 Å². The lowest BCUT2D eigenvalue weighted by molar-refractivity contribution is -0.132. The molecule has 4 heteroatoms. The lowest BCUT2D eigenvalue weighted by Crippen LogP contribution is -1.97. The number of aliphatic carboxylic acids is 1. The van der Waals surface area contributed by atoms with Crippen molar-refractivity contribution < 1.29 is 14.6 Å². The van der Waals surface area contributed by atoms with Gasteiger partial charge in [0.1, 0.15) is 0 Å². The minimum absolute atomic E-state index is 0.122. The molecule has 1 N–H and O–H groups in total. The Bertz CT molecular complexity index is 208. The van der Waals surface area contributed by atoms with Gasteiger partial charge in [0.25, 0.3) is 0 Å². The summed E-state index contributed by atoms with van der Waals surface area (Å²) in [6.07, 6.45) is 2.09. The molecule has 0 aromatic heterocycles. The van der Waals surface area contributed by atoms with Gasteiger partial charge in [0.2, 0.25) is 0 Å². The highest BCUT2D eigenvalue weighted by Gasteiger charge is 1.97. The van der Waals surface area contributed by atoms with E-state index >= 15 is 0 Å². The average molecular weight is 191 g/mol. The Kier molecular flexibility index (Phi) is 5.21. The zero-order valence-electron chi connectivity index (χ0n) is 6.84. The number of carboxylic acids is 1. The Morgan fingerprint density at radius 2 is 2.33 bits per heavy atom. The quantitative estimate of drug-likeness (QED) is 0.411. The van der Waals surface area contributed by atoms with Gasteiger partial charge in [-0.05, 0) is 25.1 Å². The standard InChI is InChI=1S/C8H11ClO3/c1-6(8(10)11)4-3-5-12-7(2)9/h4H,2-3,5H2,1H3,(H,10,11). The molecule has 0 amide bonds. The molecule has 0 aliphatic heterocycles. The van der Waals surface area contributed by atoms with E-state index in [1.54, 1.807) is 6.08 Å². The molecule has 0 aromatic rings.